The molecule has 0 aromatic carbocycles. The van der Waals surface area contributed by atoms with Crippen LogP contribution in [0, 0.1) is 10.2 Å². The molecule has 0 aromatic rings. The Kier molecular flexibility index (Phi) is 204. The molecule has 10 nitrogen and oxygen atoms in total. The fraction of sp³-hybridized carbons (Fsp3) is 0. The van der Waals surface area contributed by atoms with E-state index in [1.807, 2.05) is 0 Å². The smallest absolute Gasteiger partial charge is 0.412 e. The van der Waals surface area contributed by atoms with Crippen molar-refractivity contribution in [2.24, 2.45) is 0 Å². The zero-order valence-electron chi connectivity index (χ0n) is 5.72. The number of hydrogen-bond acceptors (Lipinski definition) is 4. The predicted molar refractivity (Wildman–Crippen MR) is 21.7 cm³/mol. The monoisotopic (exact) mass is 271 g/mol. The summed E-state index contributed by atoms with van der Waals surface area (Å²) in [6.45, 7) is 0. The minimum Gasteiger partial charge on any atom is -0.412 e. The minimum atomic E-state index is -4.94. The van der Waals surface area contributed by atoms with Crippen LogP contribution < -0.4 is 18.6 Å². The van der Waals surface area contributed by atoms with Gasteiger partial charge in [0.2, 0.25) is 0 Å². The van der Waals surface area contributed by atoms with Crippen molar-refractivity contribution in [1.29, 1.82) is 0 Å². The average Bonchev–Trinajstić information content (AvgIpc) is 0.722. The summed E-state index contributed by atoms with van der Waals surface area (Å²) in [7, 11) is -4.94. The Morgan fingerprint density at radius 3 is 0.500 bits per heavy atom. The van der Waals surface area contributed by atoms with E-state index < -0.39 is 10.2 Å². The Labute approximate surface area is 81.8 Å². The molecule has 0 heterocycles. The Morgan fingerprint density at radius 2 is 0.500 bits per heavy atom. The van der Waals surface area contributed by atoms with Gasteiger partial charge < -0.3 is 32.9 Å². The van der Waals surface area contributed by atoms with Crippen LogP contribution in [0.15, 0.2) is 0 Å². The van der Waals surface area contributed by atoms with Crippen molar-refractivity contribution >= 4 is 0 Å². The summed E-state index contributed by atoms with van der Waals surface area (Å²) in [5, 5.41) is 0. The van der Waals surface area contributed by atoms with Crippen LogP contribution in [0.3, 0.4) is 0 Å². The third kappa shape index (κ3) is 3610. The Bertz CT molecular complexity index is 25.3. The van der Waals surface area contributed by atoms with Gasteiger partial charge in [-0.15, -0.1) is 10.2 Å². The molecule has 0 saturated carbocycles. The molecule has 0 saturated heterocycles. The molecular formula is H12ClO10Zn+. The van der Waals surface area contributed by atoms with Crippen molar-refractivity contribution in [3.8, 4) is 0 Å². The molecular weight excluding hydrogens is 261 g/mol. The van der Waals surface area contributed by atoms with E-state index in [0.29, 0.717) is 0 Å². The molecule has 0 fully saturated rings. The van der Waals surface area contributed by atoms with E-state index in [2.05, 4.69) is 0 Å². The van der Waals surface area contributed by atoms with Crippen LogP contribution in [0.4, 0.5) is 0 Å². The van der Waals surface area contributed by atoms with Gasteiger partial charge in [-0.3, -0.25) is 0 Å². The van der Waals surface area contributed by atoms with Gasteiger partial charge >= 0.3 is 19.5 Å². The Morgan fingerprint density at radius 1 is 0.500 bits per heavy atom. The third-order valence-electron chi connectivity index (χ3n) is 0. The normalized spacial score (nSPS) is 5.00. The summed E-state index contributed by atoms with van der Waals surface area (Å²) >= 11 is 0. The van der Waals surface area contributed by atoms with E-state index >= 15 is 0 Å². The van der Waals surface area contributed by atoms with E-state index in [1.54, 1.807) is 0 Å². The molecule has 0 aromatic heterocycles. The zero-order chi connectivity index (χ0) is 4.50. The van der Waals surface area contributed by atoms with Gasteiger partial charge in [0.15, 0.2) is 0 Å². The van der Waals surface area contributed by atoms with Gasteiger partial charge in [-0.25, -0.2) is 18.6 Å². The zero-order valence-corrected chi connectivity index (χ0v) is 9.44. The second-order valence-corrected chi connectivity index (χ2v) is 1.13. The van der Waals surface area contributed by atoms with Crippen LogP contribution in [-0.2, 0) is 19.5 Å². The second kappa shape index (κ2) is 30.0. The average molecular weight is 273 g/mol. The molecule has 0 radical (unpaired) electrons. The topological polar surface area (TPSA) is 281 Å². The molecule has 0 bridgehead atoms. The maximum atomic E-state index is 8.49. The van der Waals surface area contributed by atoms with E-state index in [0.717, 1.165) is 0 Å². The van der Waals surface area contributed by atoms with Crippen molar-refractivity contribution in [3.05, 3.63) is 0 Å². The molecule has 0 rings (SSSR count). The van der Waals surface area contributed by atoms with Gasteiger partial charge in [0.05, 0.1) is 0 Å². The molecule has 0 atom stereocenters. The first-order valence-electron chi connectivity index (χ1n) is 0.617. The van der Waals surface area contributed by atoms with Crippen LogP contribution in [0.25, 0.3) is 0 Å². The number of hydrogen-bond donors (Lipinski definition) is 0. The molecule has 80 valence electrons. The summed E-state index contributed by atoms with van der Waals surface area (Å²) in [6.07, 6.45) is 0. The standard InChI is InChI=1S/ClHO4.6H2O.Zn/c2-1(3,4)5;;;;;;;/h(H,2,3,4,5);6*1H2;/q;;;;;;;+2/p-1. The summed E-state index contributed by atoms with van der Waals surface area (Å²) < 4.78 is 34.0. The van der Waals surface area contributed by atoms with Crippen LogP contribution in [0.5, 0.6) is 0 Å². The summed E-state index contributed by atoms with van der Waals surface area (Å²) in [5.74, 6) is 0. The molecule has 0 aliphatic rings. The van der Waals surface area contributed by atoms with E-state index in [1.165, 1.54) is 0 Å². The van der Waals surface area contributed by atoms with Gasteiger partial charge in [0.1, 0.15) is 0 Å². The third-order valence-corrected chi connectivity index (χ3v) is 0. The molecule has 12 heavy (non-hydrogen) atoms. The molecule has 12 N–H and O–H groups in total. The fourth-order valence-electron chi connectivity index (χ4n) is 0. The summed E-state index contributed by atoms with van der Waals surface area (Å²) in [4.78, 5) is 0. The first-order valence-corrected chi connectivity index (χ1v) is 1.85. The maximum Gasteiger partial charge on any atom is 2.00 e. The quantitative estimate of drug-likeness (QED) is 0.388. The fourth-order valence-corrected chi connectivity index (χ4v) is 0. The van der Waals surface area contributed by atoms with Crippen LogP contribution >= 0.6 is 0 Å². The minimum absolute atomic E-state index is 0. The molecule has 0 aliphatic heterocycles. The number of rotatable bonds is 0. The summed E-state index contributed by atoms with van der Waals surface area (Å²) in [6, 6.07) is 0. The molecule has 12 heteroatoms. The van der Waals surface area contributed by atoms with Gasteiger partial charge in [-0.2, -0.15) is 0 Å². The summed E-state index contributed by atoms with van der Waals surface area (Å²) in [5.41, 5.74) is 0. The van der Waals surface area contributed by atoms with Crippen LogP contribution in [0.1, 0.15) is 0 Å². The largest absolute Gasteiger partial charge is 2.00 e. The van der Waals surface area contributed by atoms with Crippen molar-refractivity contribution in [2.75, 3.05) is 0 Å². The van der Waals surface area contributed by atoms with Crippen molar-refractivity contribution < 1.29 is 81.2 Å². The first-order chi connectivity index (χ1) is 2.00. The SMILES string of the molecule is O.O.O.O.O.O.[O-][Cl+3]([O-])([O-])[O-].[Zn+2]. The predicted octanol–water partition coefficient (Wildman–Crippen LogP) is -9.71. The Hall–Kier alpha value is 0.513. The van der Waals surface area contributed by atoms with Gasteiger partial charge in [0, 0.05) is 0 Å². The molecule has 0 spiro atoms. The van der Waals surface area contributed by atoms with Gasteiger partial charge in [0.25, 0.3) is 0 Å². The van der Waals surface area contributed by atoms with Crippen molar-refractivity contribution in [3.63, 3.8) is 0 Å². The van der Waals surface area contributed by atoms with Gasteiger partial charge in [-0.1, -0.05) is 0 Å². The van der Waals surface area contributed by atoms with E-state index in [9.17, 15) is 0 Å². The number of halogens is 1. The maximum absolute atomic E-state index is 8.49. The van der Waals surface area contributed by atoms with Crippen LogP contribution in [-0.4, -0.2) is 32.9 Å². The first kappa shape index (κ1) is 81.4. The second-order valence-electron chi connectivity index (χ2n) is 0.378. The van der Waals surface area contributed by atoms with Crippen LogP contribution in [0.2, 0.25) is 0 Å². The van der Waals surface area contributed by atoms with Crippen molar-refractivity contribution in [1.82, 2.24) is 0 Å². The molecule has 0 amide bonds. The molecule has 0 unspecified atom stereocenters. The molecule has 0 aliphatic carbocycles. The van der Waals surface area contributed by atoms with Crippen molar-refractivity contribution in [2.45, 2.75) is 0 Å². The van der Waals surface area contributed by atoms with Gasteiger partial charge in [-0.05, 0) is 0 Å². The van der Waals surface area contributed by atoms with E-state index in [-0.39, 0.29) is 52.3 Å². The Balaban J connectivity index is -0.00000000381. The van der Waals surface area contributed by atoms with E-state index in [4.69, 9.17) is 18.6 Å².